The molecule has 6 nitrogen and oxygen atoms in total. The van der Waals surface area contributed by atoms with Gasteiger partial charge < -0.3 is 19.7 Å². The number of benzene rings is 1. The fraction of sp³-hybridized carbons (Fsp3) is 0.583. The molecule has 0 spiro atoms. The van der Waals surface area contributed by atoms with Gasteiger partial charge in [0, 0.05) is 11.5 Å². The lowest BCUT2D eigenvalue weighted by Gasteiger charge is -2.15. The quantitative estimate of drug-likeness (QED) is 0.360. The van der Waals surface area contributed by atoms with E-state index >= 15 is 0 Å². The molecule has 0 bridgehead atoms. The summed E-state index contributed by atoms with van der Waals surface area (Å²) in [7, 11) is 0. The Labute approximate surface area is 179 Å². The number of rotatable bonds is 14. The summed E-state index contributed by atoms with van der Waals surface area (Å²) in [4.78, 5) is 16.0. The van der Waals surface area contributed by atoms with Crippen molar-refractivity contribution < 1.29 is 24.5 Å². The normalized spacial score (nSPS) is 11.0. The van der Waals surface area contributed by atoms with Crippen molar-refractivity contribution in [3.05, 3.63) is 23.4 Å². The molecule has 166 valence electrons. The fourth-order valence-electron chi connectivity index (χ4n) is 3.58. The second kappa shape index (κ2) is 12.3. The number of unbranched alkanes of at least 4 members (excludes halogenated alkanes) is 7. The molecule has 1 heterocycles. The number of aromatic hydroxyl groups is 1. The lowest BCUT2D eigenvalue weighted by molar-refractivity contribution is 0.0692. The number of carboxylic acids is 1. The molecule has 6 heteroatoms. The van der Waals surface area contributed by atoms with Gasteiger partial charge in [0.15, 0.2) is 11.5 Å². The third-order valence-corrected chi connectivity index (χ3v) is 5.20. The predicted octanol–water partition coefficient (Wildman–Crippen LogP) is 6.12. The van der Waals surface area contributed by atoms with Crippen molar-refractivity contribution in [1.29, 1.82) is 0 Å². The van der Waals surface area contributed by atoms with Crippen LogP contribution in [0, 0.1) is 0 Å². The number of hydrogen-bond acceptors (Lipinski definition) is 5. The van der Waals surface area contributed by atoms with E-state index < -0.39 is 5.97 Å². The minimum atomic E-state index is -1.19. The lowest BCUT2D eigenvalue weighted by Crippen LogP contribution is -2.06. The van der Waals surface area contributed by atoms with Crippen LogP contribution in [0.1, 0.15) is 88.2 Å². The number of aromatic carboxylic acids is 1. The Kier molecular flexibility index (Phi) is 9.71. The maximum Gasteiger partial charge on any atom is 0.341 e. The van der Waals surface area contributed by atoms with E-state index in [9.17, 15) is 15.0 Å². The van der Waals surface area contributed by atoms with Crippen LogP contribution in [0.2, 0.25) is 0 Å². The molecular weight excluding hydrogens is 382 g/mol. The summed E-state index contributed by atoms with van der Waals surface area (Å²) in [6.45, 7) is 6.95. The van der Waals surface area contributed by atoms with Gasteiger partial charge in [-0.3, -0.25) is 4.98 Å². The number of nitrogens with zero attached hydrogens (tertiary/aromatic N) is 1. The Morgan fingerprint density at radius 3 is 2.17 bits per heavy atom. The molecule has 2 rings (SSSR count). The molecule has 0 aliphatic carbocycles. The maximum absolute atomic E-state index is 11.6. The average Bonchev–Trinajstić information content (AvgIpc) is 2.72. The molecule has 0 fully saturated rings. The first-order chi connectivity index (χ1) is 14.5. The maximum atomic E-state index is 11.6. The standard InChI is InChI=1S/C24H35NO5/c1-4-7-8-9-10-11-12-13-14-30-20-15-17-19(16-21(20)29-6-3)25-18(5-2)22(23(17)26)24(27)28/h15-16H,4-14H2,1-3H3,(H,25,26)(H,27,28). The molecule has 0 unspecified atom stereocenters. The van der Waals surface area contributed by atoms with Gasteiger partial charge in [0.25, 0.3) is 0 Å². The van der Waals surface area contributed by atoms with Gasteiger partial charge in [-0.1, -0.05) is 58.8 Å². The molecule has 0 saturated carbocycles. The summed E-state index contributed by atoms with van der Waals surface area (Å²) in [5, 5.41) is 20.4. The van der Waals surface area contributed by atoms with Crippen molar-refractivity contribution >= 4 is 16.9 Å². The molecular formula is C24H35NO5. The lowest BCUT2D eigenvalue weighted by atomic mass is 10.0. The van der Waals surface area contributed by atoms with Crippen LogP contribution in [0.4, 0.5) is 0 Å². The van der Waals surface area contributed by atoms with Crippen LogP contribution in [0.3, 0.4) is 0 Å². The summed E-state index contributed by atoms with van der Waals surface area (Å²) in [6, 6.07) is 3.35. The number of carboxylic acid groups (broad SMARTS) is 1. The molecule has 2 aromatic rings. The van der Waals surface area contributed by atoms with E-state index in [4.69, 9.17) is 9.47 Å². The number of fused-ring (bicyclic) bond motifs is 1. The molecule has 0 atom stereocenters. The number of aryl methyl sites for hydroxylation is 1. The van der Waals surface area contributed by atoms with Gasteiger partial charge in [-0.2, -0.15) is 0 Å². The highest BCUT2D eigenvalue weighted by molar-refractivity contribution is 6.00. The van der Waals surface area contributed by atoms with E-state index in [2.05, 4.69) is 11.9 Å². The minimum Gasteiger partial charge on any atom is -0.506 e. The van der Waals surface area contributed by atoms with Crippen LogP contribution in [0.25, 0.3) is 10.9 Å². The first kappa shape index (κ1) is 23.8. The van der Waals surface area contributed by atoms with Crippen molar-refractivity contribution in [2.45, 2.75) is 78.6 Å². The molecule has 1 aromatic heterocycles. The highest BCUT2D eigenvalue weighted by atomic mass is 16.5. The van der Waals surface area contributed by atoms with Gasteiger partial charge in [0.05, 0.1) is 24.4 Å². The number of pyridine rings is 1. The first-order valence-electron chi connectivity index (χ1n) is 11.2. The first-order valence-corrected chi connectivity index (χ1v) is 11.2. The second-order valence-electron chi connectivity index (χ2n) is 7.51. The number of aromatic nitrogens is 1. The Morgan fingerprint density at radius 1 is 0.933 bits per heavy atom. The number of ether oxygens (including phenoxy) is 2. The van der Waals surface area contributed by atoms with Crippen LogP contribution in [0.15, 0.2) is 12.1 Å². The van der Waals surface area contributed by atoms with E-state index in [1.54, 1.807) is 12.1 Å². The molecule has 0 aliphatic heterocycles. The smallest absolute Gasteiger partial charge is 0.341 e. The summed E-state index contributed by atoms with van der Waals surface area (Å²) < 4.78 is 11.6. The fourth-order valence-corrected chi connectivity index (χ4v) is 3.58. The zero-order valence-corrected chi connectivity index (χ0v) is 18.5. The van der Waals surface area contributed by atoms with Gasteiger partial charge in [0.1, 0.15) is 11.3 Å². The highest BCUT2D eigenvalue weighted by Gasteiger charge is 2.21. The van der Waals surface area contributed by atoms with E-state index in [-0.39, 0.29) is 11.3 Å². The van der Waals surface area contributed by atoms with E-state index in [0.717, 1.165) is 12.8 Å². The van der Waals surface area contributed by atoms with Crippen molar-refractivity contribution in [3.63, 3.8) is 0 Å². The molecule has 0 radical (unpaired) electrons. The van der Waals surface area contributed by atoms with Gasteiger partial charge >= 0.3 is 5.97 Å². The van der Waals surface area contributed by atoms with Crippen LogP contribution >= 0.6 is 0 Å². The van der Waals surface area contributed by atoms with Gasteiger partial charge in [-0.05, 0) is 25.8 Å². The Morgan fingerprint density at radius 2 is 1.57 bits per heavy atom. The Balaban J connectivity index is 2.11. The molecule has 0 amide bonds. The van der Waals surface area contributed by atoms with E-state index in [0.29, 0.717) is 47.7 Å². The van der Waals surface area contributed by atoms with Crippen LogP contribution in [0.5, 0.6) is 17.2 Å². The van der Waals surface area contributed by atoms with Crippen molar-refractivity contribution in [2.75, 3.05) is 13.2 Å². The van der Waals surface area contributed by atoms with E-state index in [1.807, 2.05) is 13.8 Å². The van der Waals surface area contributed by atoms with Crippen LogP contribution < -0.4 is 9.47 Å². The molecule has 30 heavy (non-hydrogen) atoms. The van der Waals surface area contributed by atoms with E-state index in [1.165, 1.54) is 38.5 Å². The second-order valence-corrected chi connectivity index (χ2v) is 7.51. The summed E-state index contributed by atoms with van der Waals surface area (Å²) in [6.07, 6.45) is 10.1. The summed E-state index contributed by atoms with van der Waals surface area (Å²) >= 11 is 0. The monoisotopic (exact) mass is 417 g/mol. The topological polar surface area (TPSA) is 88.9 Å². The van der Waals surface area contributed by atoms with Crippen LogP contribution in [-0.2, 0) is 6.42 Å². The Bertz CT molecular complexity index is 834. The highest BCUT2D eigenvalue weighted by Crippen LogP contribution is 2.38. The third-order valence-electron chi connectivity index (χ3n) is 5.20. The molecule has 0 aliphatic rings. The average molecular weight is 418 g/mol. The zero-order chi connectivity index (χ0) is 21.9. The van der Waals surface area contributed by atoms with Gasteiger partial charge in [0.2, 0.25) is 0 Å². The zero-order valence-electron chi connectivity index (χ0n) is 18.5. The van der Waals surface area contributed by atoms with Crippen molar-refractivity contribution in [1.82, 2.24) is 4.98 Å². The van der Waals surface area contributed by atoms with Gasteiger partial charge in [-0.15, -0.1) is 0 Å². The van der Waals surface area contributed by atoms with Crippen molar-refractivity contribution in [3.8, 4) is 17.2 Å². The number of hydrogen-bond donors (Lipinski definition) is 2. The summed E-state index contributed by atoms with van der Waals surface area (Å²) in [5.41, 5.74) is 0.697. The van der Waals surface area contributed by atoms with Crippen LogP contribution in [-0.4, -0.2) is 34.4 Å². The third kappa shape index (κ3) is 6.25. The molecule has 1 aromatic carbocycles. The van der Waals surface area contributed by atoms with Gasteiger partial charge in [-0.25, -0.2) is 4.79 Å². The Hall–Kier alpha value is -2.50. The predicted molar refractivity (Wildman–Crippen MR) is 119 cm³/mol. The van der Waals surface area contributed by atoms with Crippen molar-refractivity contribution in [2.24, 2.45) is 0 Å². The molecule has 2 N–H and O–H groups in total. The number of carbonyl (C=O) groups is 1. The SMILES string of the molecule is CCCCCCCCCCOc1cc2c(O)c(C(=O)O)c(CC)nc2cc1OCC. The summed E-state index contributed by atoms with van der Waals surface area (Å²) in [5.74, 6) is -0.398. The molecule has 0 saturated heterocycles. The largest absolute Gasteiger partial charge is 0.506 e. The minimum absolute atomic E-state index is 0.150.